The first-order valence-corrected chi connectivity index (χ1v) is 7.13. The molecular formula is C16H19F2NO2. The molecule has 1 aromatic carbocycles. The Labute approximate surface area is 122 Å². The number of aliphatic hydroxyl groups excluding tert-OH is 1. The molecule has 0 aromatic heterocycles. The Bertz CT molecular complexity index is 503. The Morgan fingerprint density at radius 2 is 1.86 bits per heavy atom. The summed E-state index contributed by atoms with van der Waals surface area (Å²) in [6.45, 7) is 0.188. The minimum atomic E-state index is -0.692. The molecule has 0 aliphatic heterocycles. The fourth-order valence-electron chi connectivity index (χ4n) is 2.57. The van der Waals surface area contributed by atoms with Crippen LogP contribution in [0.1, 0.15) is 31.2 Å². The van der Waals surface area contributed by atoms with Crippen molar-refractivity contribution in [1.82, 2.24) is 5.32 Å². The van der Waals surface area contributed by atoms with Crippen LogP contribution in [0.2, 0.25) is 0 Å². The van der Waals surface area contributed by atoms with E-state index >= 15 is 0 Å². The van der Waals surface area contributed by atoms with Crippen molar-refractivity contribution in [2.24, 2.45) is 5.92 Å². The highest BCUT2D eigenvalue weighted by Gasteiger charge is 2.21. The summed E-state index contributed by atoms with van der Waals surface area (Å²) in [5.41, 5.74) is -0.211. The molecule has 21 heavy (non-hydrogen) atoms. The number of rotatable bonds is 4. The average Bonchev–Trinajstić information content (AvgIpc) is 2.47. The summed E-state index contributed by atoms with van der Waals surface area (Å²) in [7, 11) is 0. The van der Waals surface area contributed by atoms with Gasteiger partial charge in [0.1, 0.15) is 11.6 Å². The zero-order chi connectivity index (χ0) is 15.2. The van der Waals surface area contributed by atoms with Gasteiger partial charge in [0.2, 0.25) is 5.91 Å². The number of hydrogen-bond donors (Lipinski definition) is 2. The number of halogens is 2. The van der Waals surface area contributed by atoms with Crippen molar-refractivity contribution in [3.63, 3.8) is 0 Å². The van der Waals surface area contributed by atoms with Gasteiger partial charge in [0, 0.05) is 24.3 Å². The fourth-order valence-corrected chi connectivity index (χ4v) is 2.57. The Morgan fingerprint density at radius 3 is 2.43 bits per heavy atom. The first-order valence-electron chi connectivity index (χ1n) is 7.13. The summed E-state index contributed by atoms with van der Waals surface area (Å²) in [5, 5.41) is 11.9. The highest BCUT2D eigenvalue weighted by Crippen LogP contribution is 2.23. The third kappa shape index (κ3) is 4.36. The highest BCUT2D eigenvalue weighted by molar-refractivity contribution is 5.91. The SMILES string of the molecule is O=C(/C=C/c1c(F)cccc1F)NC1CCC(CO)CC1. The van der Waals surface area contributed by atoms with Crippen molar-refractivity contribution in [2.75, 3.05) is 6.61 Å². The Kier molecular flexibility index (Phi) is 5.44. The van der Waals surface area contributed by atoms with Gasteiger partial charge in [-0.15, -0.1) is 0 Å². The molecule has 0 radical (unpaired) electrons. The van der Waals surface area contributed by atoms with Crippen LogP contribution >= 0.6 is 0 Å². The van der Waals surface area contributed by atoms with Crippen molar-refractivity contribution < 1.29 is 18.7 Å². The number of nitrogens with one attached hydrogen (secondary N) is 1. The normalized spacial score (nSPS) is 22.4. The van der Waals surface area contributed by atoms with Gasteiger partial charge in [-0.3, -0.25) is 4.79 Å². The van der Waals surface area contributed by atoms with E-state index in [0.29, 0.717) is 5.92 Å². The smallest absolute Gasteiger partial charge is 0.244 e. The molecule has 1 aliphatic rings. The number of benzene rings is 1. The fraction of sp³-hybridized carbons (Fsp3) is 0.438. The summed E-state index contributed by atoms with van der Waals surface area (Å²) in [6.07, 6.45) is 5.71. The lowest BCUT2D eigenvalue weighted by molar-refractivity contribution is -0.117. The van der Waals surface area contributed by atoms with E-state index in [9.17, 15) is 13.6 Å². The van der Waals surface area contributed by atoms with Crippen LogP contribution < -0.4 is 5.32 Å². The zero-order valence-electron chi connectivity index (χ0n) is 11.7. The standard InChI is InChI=1S/C16H19F2NO2/c17-14-2-1-3-15(18)13(14)8-9-16(21)19-12-6-4-11(10-20)5-7-12/h1-3,8-9,11-12,20H,4-7,10H2,(H,19,21)/b9-8+. The van der Waals surface area contributed by atoms with E-state index in [2.05, 4.69) is 5.32 Å². The molecule has 0 saturated heterocycles. The van der Waals surface area contributed by atoms with Crippen LogP contribution in [0.3, 0.4) is 0 Å². The maximum atomic E-state index is 13.4. The molecule has 0 spiro atoms. The summed E-state index contributed by atoms with van der Waals surface area (Å²) in [4.78, 5) is 11.8. The minimum Gasteiger partial charge on any atom is -0.396 e. The molecule has 0 atom stereocenters. The van der Waals surface area contributed by atoms with Gasteiger partial charge >= 0.3 is 0 Å². The molecule has 2 N–H and O–H groups in total. The molecular weight excluding hydrogens is 276 g/mol. The van der Waals surface area contributed by atoms with Gasteiger partial charge < -0.3 is 10.4 Å². The minimum absolute atomic E-state index is 0.0652. The molecule has 0 heterocycles. The number of aliphatic hydroxyl groups is 1. The number of carbonyl (C=O) groups is 1. The van der Waals surface area contributed by atoms with Crippen molar-refractivity contribution >= 4 is 12.0 Å². The topological polar surface area (TPSA) is 49.3 Å². The van der Waals surface area contributed by atoms with Gasteiger partial charge in [0.05, 0.1) is 0 Å². The van der Waals surface area contributed by atoms with Crippen LogP contribution in [0, 0.1) is 17.6 Å². The summed E-state index contributed by atoms with van der Waals surface area (Å²) < 4.78 is 26.8. The van der Waals surface area contributed by atoms with E-state index in [1.165, 1.54) is 6.07 Å². The van der Waals surface area contributed by atoms with Crippen LogP contribution in [0.15, 0.2) is 24.3 Å². The highest BCUT2D eigenvalue weighted by atomic mass is 19.1. The van der Waals surface area contributed by atoms with Crippen LogP contribution in [0.5, 0.6) is 0 Å². The van der Waals surface area contributed by atoms with Crippen molar-refractivity contribution in [3.05, 3.63) is 41.5 Å². The second-order valence-corrected chi connectivity index (χ2v) is 5.38. The average molecular weight is 295 g/mol. The molecule has 0 unspecified atom stereocenters. The molecule has 2 rings (SSSR count). The molecule has 0 bridgehead atoms. The predicted octanol–water partition coefficient (Wildman–Crippen LogP) is 2.65. The lowest BCUT2D eigenvalue weighted by atomic mass is 9.86. The number of hydrogen-bond acceptors (Lipinski definition) is 2. The van der Waals surface area contributed by atoms with E-state index < -0.39 is 11.6 Å². The van der Waals surface area contributed by atoms with Crippen molar-refractivity contribution in [1.29, 1.82) is 0 Å². The molecule has 1 saturated carbocycles. The van der Waals surface area contributed by atoms with E-state index in [1.807, 2.05) is 0 Å². The van der Waals surface area contributed by atoms with Crippen LogP contribution in [0.25, 0.3) is 6.08 Å². The maximum Gasteiger partial charge on any atom is 0.244 e. The third-order valence-electron chi connectivity index (χ3n) is 3.85. The molecule has 1 aromatic rings. The van der Waals surface area contributed by atoms with E-state index in [0.717, 1.165) is 50.0 Å². The summed E-state index contributed by atoms with van der Waals surface area (Å²) in [6, 6.07) is 3.64. The molecule has 3 nitrogen and oxygen atoms in total. The van der Waals surface area contributed by atoms with Crippen molar-refractivity contribution in [3.8, 4) is 0 Å². The second-order valence-electron chi connectivity index (χ2n) is 5.38. The molecule has 1 aliphatic carbocycles. The third-order valence-corrected chi connectivity index (χ3v) is 3.85. The van der Waals surface area contributed by atoms with Crippen LogP contribution in [-0.4, -0.2) is 23.7 Å². The van der Waals surface area contributed by atoms with Gasteiger partial charge in [-0.1, -0.05) is 6.07 Å². The number of amides is 1. The van der Waals surface area contributed by atoms with Gasteiger partial charge in [-0.2, -0.15) is 0 Å². The summed E-state index contributed by atoms with van der Waals surface area (Å²) >= 11 is 0. The largest absolute Gasteiger partial charge is 0.396 e. The van der Waals surface area contributed by atoms with Crippen LogP contribution in [0.4, 0.5) is 8.78 Å². The first-order chi connectivity index (χ1) is 10.1. The lowest BCUT2D eigenvalue weighted by Gasteiger charge is -2.27. The number of carbonyl (C=O) groups excluding carboxylic acids is 1. The Balaban J connectivity index is 1.89. The van der Waals surface area contributed by atoms with Gasteiger partial charge in [0.25, 0.3) is 0 Å². The monoisotopic (exact) mass is 295 g/mol. The first kappa shape index (κ1) is 15.6. The second kappa shape index (κ2) is 7.31. The quantitative estimate of drug-likeness (QED) is 0.839. The molecule has 114 valence electrons. The molecule has 1 fully saturated rings. The maximum absolute atomic E-state index is 13.4. The van der Waals surface area contributed by atoms with E-state index in [1.54, 1.807) is 0 Å². The van der Waals surface area contributed by atoms with E-state index in [4.69, 9.17) is 5.11 Å². The Morgan fingerprint density at radius 1 is 1.24 bits per heavy atom. The van der Waals surface area contributed by atoms with Gasteiger partial charge in [-0.25, -0.2) is 8.78 Å². The van der Waals surface area contributed by atoms with E-state index in [-0.39, 0.29) is 24.1 Å². The Hall–Kier alpha value is -1.75. The van der Waals surface area contributed by atoms with Gasteiger partial charge in [0.15, 0.2) is 0 Å². The summed E-state index contributed by atoms with van der Waals surface area (Å²) in [5.74, 6) is -1.42. The molecule has 5 heteroatoms. The van der Waals surface area contributed by atoms with Crippen LogP contribution in [-0.2, 0) is 4.79 Å². The predicted molar refractivity (Wildman–Crippen MR) is 76.4 cm³/mol. The molecule has 1 amide bonds. The van der Waals surface area contributed by atoms with Crippen molar-refractivity contribution in [2.45, 2.75) is 31.7 Å². The lowest BCUT2D eigenvalue weighted by Crippen LogP contribution is -2.37. The zero-order valence-corrected chi connectivity index (χ0v) is 11.7. The van der Waals surface area contributed by atoms with Gasteiger partial charge in [-0.05, 0) is 49.8 Å².